The molecule has 2 aliphatic heterocycles. The molecule has 0 radical (unpaired) electrons. The predicted octanol–water partition coefficient (Wildman–Crippen LogP) is 2.05. The molecule has 0 bridgehead atoms. The van der Waals surface area contributed by atoms with Crippen LogP contribution in [-0.2, 0) is 21.2 Å². The highest BCUT2D eigenvalue weighted by molar-refractivity contribution is 7.89. The number of hydrogen-bond donors (Lipinski definition) is 3. The first-order valence-corrected chi connectivity index (χ1v) is 10.2. The number of carbonyl (C=O) groups is 1. The molecular weight excluding hydrogens is 362 g/mol. The van der Waals surface area contributed by atoms with E-state index in [9.17, 15) is 13.2 Å². The summed E-state index contributed by atoms with van der Waals surface area (Å²) in [6, 6.07) is 4.94. The number of halogens is 1. The Bertz CT molecular complexity index is 703. The summed E-state index contributed by atoms with van der Waals surface area (Å²) < 4.78 is 27.7. The Balaban J connectivity index is 0.00000225. The Labute approximate surface area is 155 Å². The van der Waals surface area contributed by atoms with Crippen molar-refractivity contribution in [2.45, 2.75) is 43.4 Å². The summed E-state index contributed by atoms with van der Waals surface area (Å²) in [5.74, 6) is 0.535. The van der Waals surface area contributed by atoms with Crippen molar-refractivity contribution in [2.24, 2.45) is 5.92 Å². The van der Waals surface area contributed by atoms with Crippen molar-refractivity contribution in [1.82, 2.24) is 10.0 Å². The molecule has 1 saturated heterocycles. The second kappa shape index (κ2) is 8.98. The minimum Gasteiger partial charge on any atom is -0.326 e. The molecular formula is C17H26ClN3O3S. The van der Waals surface area contributed by atoms with Crippen molar-refractivity contribution >= 4 is 34.0 Å². The highest BCUT2D eigenvalue weighted by Gasteiger charge is 2.19. The molecule has 25 heavy (non-hydrogen) atoms. The van der Waals surface area contributed by atoms with E-state index < -0.39 is 10.0 Å². The van der Waals surface area contributed by atoms with Crippen LogP contribution in [0.1, 0.15) is 37.7 Å². The fourth-order valence-electron chi connectivity index (χ4n) is 3.37. The van der Waals surface area contributed by atoms with Gasteiger partial charge in [0.05, 0.1) is 4.90 Å². The van der Waals surface area contributed by atoms with E-state index in [1.807, 2.05) is 0 Å². The zero-order valence-corrected chi connectivity index (χ0v) is 15.8. The van der Waals surface area contributed by atoms with Crippen LogP contribution in [0.3, 0.4) is 0 Å². The van der Waals surface area contributed by atoms with Crippen molar-refractivity contribution in [3.05, 3.63) is 23.8 Å². The van der Waals surface area contributed by atoms with Crippen LogP contribution in [0.5, 0.6) is 0 Å². The number of rotatable bonds is 5. The van der Waals surface area contributed by atoms with Gasteiger partial charge in [-0.3, -0.25) is 4.79 Å². The molecule has 6 nitrogen and oxygen atoms in total. The van der Waals surface area contributed by atoms with Gasteiger partial charge in [0.15, 0.2) is 0 Å². The van der Waals surface area contributed by atoms with Crippen LogP contribution in [0, 0.1) is 5.92 Å². The maximum absolute atomic E-state index is 12.5. The molecule has 2 heterocycles. The summed E-state index contributed by atoms with van der Waals surface area (Å²) in [6.07, 6.45) is 5.11. The van der Waals surface area contributed by atoms with Crippen molar-refractivity contribution in [2.75, 3.05) is 25.0 Å². The largest absolute Gasteiger partial charge is 0.326 e. The number of amides is 1. The van der Waals surface area contributed by atoms with Gasteiger partial charge in [-0.15, -0.1) is 12.4 Å². The highest BCUT2D eigenvalue weighted by Crippen LogP contribution is 2.25. The summed E-state index contributed by atoms with van der Waals surface area (Å²) in [4.78, 5) is 11.8. The van der Waals surface area contributed by atoms with Gasteiger partial charge in [-0.1, -0.05) is 0 Å². The van der Waals surface area contributed by atoms with E-state index in [1.165, 1.54) is 0 Å². The maximum atomic E-state index is 12.5. The van der Waals surface area contributed by atoms with Gasteiger partial charge in [0.1, 0.15) is 0 Å². The Morgan fingerprint density at radius 3 is 2.80 bits per heavy atom. The Kier molecular flexibility index (Phi) is 7.25. The Morgan fingerprint density at radius 1 is 1.20 bits per heavy atom. The van der Waals surface area contributed by atoms with Gasteiger partial charge >= 0.3 is 0 Å². The van der Waals surface area contributed by atoms with Crippen molar-refractivity contribution in [3.8, 4) is 0 Å². The number of piperidine rings is 1. The first-order valence-electron chi connectivity index (χ1n) is 8.68. The third kappa shape index (κ3) is 5.41. The third-order valence-electron chi connectivity index (χ3n) is 4.75. The summed E-state index contributed by atoms with van der Waals surface area (Å²) in [6.45, 7) is 2.50. The van der Waals surface area contributed by atoms with Gasteiger partial charge in [-0.2, -0.15) is 0 Å². The summed E-state index contributed by atoms with van der Waals surface area (Å²) in [5, 5.41) is 6.17. The monoisotopic (exact) mass is 387 g/mol. The molecule has 1 atom stereocenters. The van der Waals surface area contributed by atoms with Crippen LogP contribution in [-0.4, -0.2) is 34.0 Å². The number of aryl methyl sites for hydroxylation is 1. The lowest BCUT2D eigenvalue weighted by Gasteiger charge is -2.22. The number of hydrogen-bond acceptors (Lipinski definition) is 4. The predicted molar refractivity (Wildman–Crippen MR) is 101 cm³/mol. The first-order chi connectivity index (χ1) is 11.5. The van der Waals surface area contributed by atoms with Gasteiger partial charge in [0.2, 0.25) is 15.9 Å². The quantitative estimate of drug-likeness (QED) is 0.721. The third-order valence-corrected chi connectivity index (χ3v) is 6.21. The second-order valence-corrected chi connectivity index (χ2v) is 8.39. The van der Waals surface area contributed by atoms with E-state index in [2.05, 4.69) is 15.4 Å². The fraction of sp³-hybridized carbons (Fsp3) is 0.588. The highest BCUT2D eigenvalue weighted by atomic mass is 35.5. The molecule has 1 aromatic carbocycles. The standard InChI is InChI=1S/C17H25N3O3S.ClH/c21-17-5-1-4-14-11-15(6-7-16(14)20-17)24(22,23)19-10-8-13-3-2-9-18-12-13;/h6-7,11,13,18-19H,1-5,8-10,12H2,(H,20,21);1H. The number of anilines is 1. The summed E-state index contributed by atoms with van der Waals surface area (Å²) >= 11 is 0. The molecule has 0 aliphatic carbocycles. The van der Waals surface area contributed by atoms with Crippen molar-refractivity contribution < 1.29 is 13.2 Å². The minimum absolute atomic E-state index is 0. The summed E-state index contributed by atoms with van der Waals surface area (Å²) in [5.41, 5.74) is 1.62. The molecule has 1 amide bonds. The smallest absolute Gasteiger partial charge is 0.240 e. The van der Waals surface area contributed by atoms with Crippen LogP contribution in [0.2, 0.25) is 0 Å². The molecule has 1 fully saturated rings. The van der Waals surface area contributed by atoms with Crippen LogP contribution < -0.4 is 15.4 Å². The van der Waals surface area contributed by atoms with E-state index in [1.54, 1.807) is 18.2 Å². The lowest BCUT2D eigenvalue weighted by molar-refractivity contribution is -0.116. The van der Waals surface area contributed by atoms with Gasteiger partial charge in [0, 0.05) is 18.7 Å². The number of benzene rings is 1. The SMILES string of the molecule is Cl.O=C1CCCc2cc(S(=O)(=O)NCCC3CCCNC3)ccc2N1. The fourth-order valence-corrected chi connectivity index (χ4v) is 4.47. The van der Waals surface area contributed by atoms with E-state index >= 15 is 0 Å². The molecule has 1 aromatic rings. The van der Waals surface area contributed by atoms with Gasteiger partial charge in [-0.25, -0.2) is 13.1 Å². The molecule has 0 spiro atoms. The molecule has 140 valence electrons. The van der Waals surface area contributed by atoms with Crippen LogP contribution in [0.4, 0.5) is 5.69 Å². The normalized spacial score (nSPS) is 20.8. The van der Waals surface area contributed by atoms with Gasteiger partial charge in [0.25, 0.3) is 0 Å². The van der Waals surface area contributed by atoms with Crippen molar-refractivity contribution in [3.63, 3.8) is 0 Å². The van der Waals surface area contributed by atoms with Gasteiger partial charge in [-0.05, 0) is 74.9 Å². The number of sulfonamides is 1. The van der Waals surface area contributed by atoms with E-state index in [0.29, 0.717) is 25.3 Å². The Morgan fingerprint density at radius 2 is 2.04 bits per heavy atom. The molecule has 2 aliphatic rings. The number of fused-ring (bicyclic) bond motifs is 1. The zero-order chi connectivity index (χ0) is 17.0. The van der Waals surface area contributed by atoms with Crippen LogP contribution >= 0.6 is 12.4 Å². The second-order valence-electron chi connectivity index (χ2n) is 6.62. The molecule has 3 rings (SSSR count). The van der Waals surface area contributed by atoms with Crippen molar-refractivity contribution in [1.29, 1.82) is 0 Å². The summed E-state index contributed by atoms with van der Waals surface area (Å²) in [7, 11) is -3.50. The van der Waals surface area contributed by atoms with E-state index in [0.717, 1.165) is 50.0 Å². The maximum Gasteiger partial charge on any atom is 0.240 e. The Hall–Kier alpha value is -1.15. The van der Waals surface area contributed by atoms with Crippen LogP contribution in [0.15, 0.2) is 23.1 Å². The molecule has 8 heteroatoms. The molecule has 3 N–H and O–H groups in total. The zero-order valence-electron chi connectivity index (χ0n) is 14.2. The molecule has 0 aromatic heterocycles. The van der Waals surface area contributed by atoms with E-state index in [4.69, 9.17) is 0 Å². The van der Waals surface area contributed by atoms with E-state index in [-0.39, 0.29) is 23.2 Å². The van der Waals surface area contributed by atoms with Gasteiger partial charge < -0.3 is 10.6 Å². The number of carbonyl (C=O) groups excluding carboxylic acids is 1. The lowest BCUT2D eigenvalue weighted by Crippen LogP contribution is -2.33. The lowest BCUT2D eigenvalue weighted by atomic mass is 9.96. The molecule has 0 saturated carbocycles. The average molecular weight is 388 g/mol. The first kappa shape index (κ1) is 20.2. The topological polar surface area (TPSA) is 87.3 Å². The number of nitrogens with one attached hydrogen (secondary N) is 3. The minimum atomic E-state index is -3.50. The average Bonchev–Trinajstić information content (AvgIpc) is 2.75. The molecule has 1 unspecified atom stereocenters. The van der Waals surface area contributed by atoms with Crippen LogP contribution in [0.25, 0.3) is 0 Å².